The first-order valence-corrected chi connectivity index (χ1v) is 5.93. The van der Waals surface area contributed by atoms with Crippen LogP contribution in [0.4, 0.5) is 11.5 Å². The summed E-state index contributed by atoms with van der Waals surface area (Å²) in [7, 11) is 0. The molecule has 2 rings (SSSR count). The highest BCUT2D eigenvalue weighted by atomic mass is 16.5. The lowest BCUT2D eigenvalue weighted by Crippen LogP contribution is -2.48. The van der Waals surface area contributed by atoms with Crippen LogP contribution < -0.4 is 16.4 Å². The molecule has 1 saturated heterocycles. The van der Waals surface area contributed by atoms with Crippen LogP contribution in [0.5, 0.6) is 0 Å². The van der Waals surface area contributed by atoms with Gasteiger partial charge in [0.15, 0.2) is 5.82 Å². The summed E-state index contributed by atoms with van der Waals surface area (Å²) < 4.78 is 5.56. The van der Waals surface area contributed by atoms with Gasteiger partial charge in [-0.3, -0.25) is 4.79 Å². The van der Waals surface area contributed by atoms with Gasteiger partial charge in [-0.15, -0.1) is 0 Å². The van der Waals surface area contributed by atoms with Gasteiger partial charge in [-0.1, -0.05) is 0 Å². The zero-order valence-electron chi connectivity index (χ0n) is 10.6. The molecule has 0 spiro atoms. The zero-order valence-corrected chi connectivity index (χ0v) is 10.6. The highest BCUT2D eigenvalue weighted by molar-refractivity contribution is 5.91. The Morgan fingerprint density at radius 3 is 2.89 bits per heavy atom. The fourth-order valence-electron chi connectivity index (χ4n) is 2.02. The SMILES string of the molecule is CC1CN(c2nc(C(N)=O)ccc2N)C(C)CO1. The largest absolute Gasteiger partial charge is 0.396 e. The Balaban J connectivity index is 2.36. The zero-order chi connectivity index (χ0) is 13.3. The lowest BCUT2D eigenvalue weighted by Gasteiger charge is -2.38. The summed E-state index contributed by atoms with van der Waals surface area (Å²) in [5.74, 6) is 0.0548. The fourth-order valence-corrected chi connectivity index (χ4v) is 2.02. The van der Waals surface area contributed by atoms with Crippen LogP contribution in [0.25, 0.3) is 0 Å². The van der Waals surface area contributed by atoms with E-state index in [1.165, 1.54) is 6.07 Å². The first kappa shape index (κ1) is 12.6. The second-order valence-corrected chi connectivity index (χ2v) is 4.62. The monoisotopic (exact) mass is 250 g/mol. The summed E-state index contributed by atoms with van der Waals surface area (Å²) in [6, 6.07) is 3.37. The second-order valence-electron chi connectivity index (χ2n) is 4.62. The van der Waals surface area contributed by atoms with Gasteiger partial charge in [-0.05, 0) is 26.0 Å². The van der Waals surface area contributed by atoms with Gasteiger partial charge in [0, 0.05) is 6.54 Å². The smallest absolute Gasteiger partial charge is 0.267 e. The molecule has 0 aliphatic carbocycles. The van der Waals surface area contributed by atoms with Gasteiger partial charge in [0.25, 0.3) is 5.91 Å². The molecule has 1 aliphatic rings. The number of primary amides is 1. The molecule has 0 aromatic carbocycles. The van der Waals surface area contributed by atoms with Crippen LogP contribution in [-0.2, 0) is 4.74 Å². The van der Waals surface area contributed by atoms with Crippen LogP contribution in [0.15, 0.2) is 12.1 Å². The highest BCUT2D eigenvalue weighted by Crippen LogP contribution is 2.25. The topological polar surface area (TPSA) is 94.5 Å². The van der Waals surface area contributed by atoms with Gasteiger partial charge >= 0.3 is 0 Å². The number of carbonyl (C=O) groups is 1. The van der Waals surface area contributed by atoms with Gasteiger partial charge in [0.2, 0.25) is 0 Å². The summed E-state index contributed by atoms with van der Waals surface area (Å²) in [6.07, 6.45) is 0.111. The molecule has 0 bridgehead atoms. The van der Waals surface area contributed by atoms with E-state index in [1.807, 2.05) is 13.8 Å². The van der Waals surface area contributed by atoms with Gasteiger partial charge < -0.3 is 21.1 Å². The van der Waals surface area contributed by atoms with Crippen LogP contribution in [0.2, 0.25) is 0 Å². The molecule has 1 amide bonds. The molecule has 6 heteroatoms. The van der Waals surface area contributed by atoms with E-state index >= 15 is 0 Å². The molecule has 2 heterocycles. The third-order valence-electron chi connectivity index (χ3n) is 3.04. The number of nitrogens with two attached hydrogens (primary N) is 2. The predicted molar refractivity (Wildman–Crippen MR) is 69.4 cm³/mol. The molecule has 1 aliphatic heterocycles. The number of morpholine rings is 1. The number of nitrogen functional groups attached to an aromatic ring is 1. The average molecular weight is 250 g/mol. The maximum absolute atomic E-state index is 11.2. The third-order valence-corrected chi connectivity index (χ3v) is 3.04. The minimum atomic E-state index is -0.551. The van der Waals surface area contributed by atoms with Crippen LogP contribution >= 0.6 is 0 Å². The molecular weight excluding hydrogens is 232 g/mol. The number of hydrogen-bond acceptors (Lipinski definition) is 5. The van der Waals surface area contributed by atoms with Crippen LogP contribution in [0.1, 0.15) is 24.3 Å². The van der Waals surface area contributed by atoms with E-state index in [1.54, 1.807) is 6.07 Å². The van der Waals surface area contributed by atoms with E-state index in [0.29, 0.717) is 24.7 Å². The summed E-state index contributed by atoms with van der Waals surface area (Å²) in [4.78, 5) is 17.5. The molecule has 98 valence electrons. The van der Waals surface area contributed by atoms with E-state index in [-0.39, 0.29) is 17.8 Å². The van der Waals surface area contributed by atoms with Crippen molar-refractivity contribution in [3.8, 4) is 0 Å². The Hall–Kier alpha value is -1.82. The van der Waals surface area contributed by atoms with Crippen molar-refractivity contribution in [1.29, 1.82) is 0 Å². The number of pyridine rings is 1. The molecule has 2 unspecified atom stereocenters. The molecule has 1 aromatic heterocycles. The normalized spacial score (nSPS) is 24.0. The minimum absolute atomic E-state index is 0.111. The molecule has 2 atom stereocenters. The molecule has 0 saturated carbocycles. The molecule has 4 N–H and O–H groups in total. The quantitative estimate of drug-likeness (QED) is 0.791. The Morgan fingerprint density at radius 1 is 1.50 bits per heavy atom. The molecular formula is C12H18N4O2. The van der Waals surface area contributed by atoms with Gasteiger partial charge in [-0.2, -0.15) is 0 Å². The number of hydrogen-bond donors (Lipinski definition) is 2. The Bertz CT molecular complexity index is 463. The van der Waals surface area contributed by atoms with Crippen molar-refractivity contribution < 1.29 is 9.53 Å². The van der Waals surface area contributed by atoms with E-state index < -0.39 is 5.91 Å². The van der Waals surface area contributed by atoms with Gasteiger partial charge in [0.1, 0.15) is 5.69 Å². The summed E-state index contributed by atoms with van der Waals surface area (Å²) in [6.45, 7) is 5.33. The van der Waals surface area contributed by atoms with E-state index in [2.05, 4.69) is 9.88 Å². The average Bonchev–Trinajstić information content (AvgIpc) is 2.33. The van der Waals surface area contributed by atoms with Crippen molar-refractivity contribution in [3.05, 3.63) is 17.8 Å². The van der Waals surface area contributed by atoms with Gasteiger partial charge in [0.05, 0.1) is 24.4 Å². The molecule has 1 aromatic rings. The summed E-state index contributed by atoms with van der Waals surface area (Å²) in [5.41, 5.74) is 11.9. The third kappa shape index (κ3) is 2.38. The van der Waals surface area contributed by atoms with Crippen LogP contribution in [-0.4, -0.2) is 36.2 Å². The predicted octanol–water partition coefficient (Wildman–Crippen LogP) is 0.376. The first-order chi connectivity index (χ1) is 8.49. The summed E-state index contributed by atoms with van der Waals surface area (Å²) in [5, 5.41) is 0. The fraction of sp³-hybridized carbons (Fsp3) is 0.500. The lowest BCUT2D eigenvalue weighted by molar-refractivity contribution is 0.0341. The van der Waals surface area contributed by atoms with Crippen LogP contribution in [0.3, 0.4) is 0 Å². The number of ether oxygens (including phenoxy) is 1. The standard InChI is InChI=1S/C12H18N4O2/c1-7-6-18-8(2)5-16(7)12-9(13)3-4-10(15-12)11(14)17/h3-4,7-8H,5-6,13H2,1-2H3,(H2,14,17). The molecule has 0 radical (unpaired) electrons. The molecule has 6 nitrogen and oxygen atoms in total. The number of anilines is 2. The van der Waals surface area contributed by atoms with E-state index in [9.17, 15) is 4.79 Å². The minimum Gasteiger partial charge on any atom is -0.396 e. The van der Waals surface area contributed by atoms with Crippen molar-refractivity contribution in [2.45, 2.75) is 26.0 Å². The summed E-state index contributed by atoms with van der Waals surface area (Å²) >= 11 is 0. The van der Waals surface area contributed by atoms with Crippen molar-refractivity contribution in [2.75, 3.05) is 23.8 Å². The maximum atomic E-state index is 11.2. The van der Waals surface area contributed by atoms with E-state index in [0.717, 1.165) is 0 Å². The number of rotatable bonds is 2. The Kier molecular flexibility index (Phi) is 3.38. The molecule has 1 fully saturated rings. The number of carbonyl (C=O) groups excluding carboxylic acids is 1. The number of amides is 1. The van der Waals surface area contributed by atoms with Gasteiger partial charge in [-0.25, -0.2) is 4.98 Å². The van der Waals surface area contributed by atoms with Crippen molar-refractivity contribution in [3.63, 3.8) is 0 Å². The van der Waals surface area contributed by atoms with Crippen molar-refractivity contribution >= 4 is 17.4 Å². The lowest BCUT2D eigenvalue weighted by atomic mass is 10.2. The second kappa shape index (κ2) is 4.81. The van der Waals surface area contributed by atoms with Crippen molar-refractivity contribution in [2.24, 2.45) is 5.73 Å². The van der Waals surface area contributed by atoms with Crippen molar-refractivity contribution in [1.82, 2.24) is 4.98 Å². The highest BCUT2D eigenvalue weighted by Gasteiger charge is 2.26. The van der Waals surface area contributed by atoms with E-state index in [4.69, 9.17) is 16.2 Å². The maximum Gasteiger partial charge on any atom is 0.267 e. The number of nitrogens with zero attached hydrogens (tertiary/aromatic N) is 2. The van der Waals surface area contributed by atoms with Crippen LogP contribution in [0, 0.1) is 0 Å². The number of aromatic nitrogens is 1. The first-order valence-electron chi connectivity index (χ1n) is 5.93. The Labute approximate surface area is 106 Å². The molecule has 18 heavy (non-hydrogen) atoms. The Morgan fingerprint density at radius 2 is 2.22 bits per heavy atom.